The van der Waals surface area contributed by atoms with E-state index in [0.29, 0.717) is 0 Å². The maximum absolute atomic E-state index is 10.6. The van der Waals surface area contributed by atoms with E-state index in [1.807, 2.05) is 18.2 Å². The summed E-state index contributed by atoms with van der Waals surface area (Å²) < 4.78 is 0.873. The molecule has 0 bridgehead atoms. The van der Waals surface area contributed by atoms with Crippen molar-refractivity contribution in [1.82, 2.24) is 0 Å². The lowest BCUT2D eigenvalue weighted by molar-refractivity contribution is -0.136. The van der Waals surface area contributed by atoms with Gasteiger partial charge in [-0.1, -0.05) is 28.9 Å². The third-order valence-electron chi connectivity index (χ3n) is 1.70. The molecular weight excluding hydrogens is 264 g/mol. The van der Waals surface area contributed by atoms with E-state index in [1.165, 1.54) is 0 Å². The molecular formula is C10H11BrO2S. The lowest BCUT2D eigenvalue weighted by atomic mass is 10.1. The first-order valence-corrected chi connectivity index (χ1v) is 6.05. The first-order chi connectivity index (χ1) is 6.65. The van der Waals surface area contributed by atoms with E-state index in [9.17, 15) is 4.79 Å². The van der Waals surface area contributed by atoms with Gasteiger partial charge in [-0.2, -0.15) is 0 Å². The van der Waals surface area contributed by atoms with Crippen molar-refractivity contribution >= 4 is 33.7 Å². The van der Waals surface area contributed by atoms with Crippen molar-refractivity contribution in [3.8, 4) is 0 Å². The maximum Gasteiger partial charge on any atom is 0.307 e. The minimum atomic E-state index is -0.796. The predicted molar refractivity (Wildman–Crippen MR) is 61.9 cm³/mol. The van der Waals surface area contributed by atoms with Gasteiger partial charge in [0.05, 0.1) is 6.42 Å². The summed E-state index contributed by atoms with van der Waals surface area (Å²) in [5.41, 5.74) is 0.867. The Hall–Kier alpha value is -0.480. The molecule has 0 aromatic heterocycles. The number of rotatable bonds is 4. The van der Waals surface area contributed by atoms with Crippen LogP contribution < -0.4 is 0 Å². The standard InChI is InChI=1S/C10H11BrO2S/c1-2-14-9-5-3-4-8(11)7(9)6-10(12)13/h3-5H,2,6H2,1H3,(H,12,13). The highest BCUT2D eigenvalue weighted by molar-refractivity contribution is 9.10. The zero-order chi connectivity index (χ0) is 10.6. The van der Waals surface area contributed by atoms with Crippen LogP contribution in [0.15, 0.2) is 27.6 Å². The predicted octanol–water partition coefficient (Wildman–Crippen LogP) is 3.19. The van der Waals surface area contributed by atoms with Gasteiger partial charge in [-0.25, -0.2) is 0 Å². The fourth-order valence-electron chi connectivity index (χ4n) is 1.15. The second kappa shape index (κ2) is 5.41. The molecule has 0 aliphatic carbocycles. The summed E-state index contributed by atoms with van der Waals surface area (Å²) in [6, 6.07) is 5.75. The Balaban J connectivity index is 3.02. The summed E-state index contributed by atoms with van der Waals surface area (Å²) in [4.78, 5) is 11.7. The van der Waals surface area contributed by atoms with E-state index in [1.54, 1.807) is 11.8 Å². The van der Waals surface area contributed by atoms with Crippen LogP contribution in [0.25, 0.3) is 0 Å². The van der Waals surface area contributed by atoms with Crippen molar-refractivity contribution in [2.45, 2.75) is 18.2 Å². The van der Waals surface area contributed by atoms with Crippen molar-refractivity contribution in [2.24, 2.45) is 0 Å². The van der Waals surface area contributed by atoms with Crippen LogP contribution in [-0.2, 0) is 11.2 Å². The minimum Gasteiger partial charge on any atom is -0.481 e. The smallest absolute Gasteiger partial charge is 0.307 e. The van der Waals surface area contributed by atoms with Gasteiger partial charge < -0.3 is 5.11 Å². The van der Waals surface area contributed by atoms with Crippen molar-refractivity contribution in [2.75, 3.05) is 5.75 Å². The normalized spacial score (nSPS) is 10.1. The first kappa shape index (κ1) is 11.6. The Morgan fingerprint density at radius 3 is 2.86 bits per heavy atom. The summed E-state index contributed by atoms with van der Waals surface area (Å²) in [7, 11) is 0. The van der Waals surface area contributed by atoms with E-state index in [2.05, 4.69) is 22.9 Å². The van der Waals surface area contributed by atoms with Crippen molar-refractivity contribution < 1.29 is 9.90 Å². The van der Waals surface area contributed by atoms with Gasteiger partial charge in [-0.15, -0.1) is 11.8 Å². The molecule has 0 unspecified atom stereocenters. The molecule has 0 atom stereocenters. The quantitative estimate of drug-likeness (QED) is 0.857. The van der Waals surface area contributed by atoms with E-state index in [0.717, 1.165) is 20.7 Å². The van der Waals surface area contributed by atoms with Gasteiger partial charge in [0.25, 0.3) is 0 Å². The second-order valence-corrected chi connectivity index (χ2v) is 4.88. The second-order valence-electron chi connectivity index (χ2n) is 2.72. The van der Waals surface area contributed by atoms with Crippen LogP contribution in [0.1, 0.15) is 12.5 Å². The molecule has 0 heterocycles. The van der Waals surface area contributed by atoms with Crippen LogP contribution >= 0.6 is 27.7 Å². The number of hydrogen-bond donors (Lipinski definition) is 1. The maximum atomic E-state index is 10.6. The molecule has 76 valence electrons. The number of aliphatic carboxylic acids is 1. The molecule has 1 N–H and O–H groups in total. The van der Waals surface area contributed by atoms with E-state index < -0.39 is 5.97 Å². The zero-order valence-electron chi connectivity index (χ0n) is 7.79. The lowest BCUT2D eigenvalue weighted by Gasteiger charge is -2.07. The average molecular weight is 275 g/mol. The number of carboxylic acid groups (broad SMARTS) is 1. The Labute approximate surface area is 95.8 Å². The van der Waals surface area contributed by atoms with Crippen molar-refractivity contribution in [1.29, 1.82) is 0 Å². The van der Waals surface area contributed by atoms with E-state index >= 15 is 0 Å². The highest BCUT2D eigenvalue weighted by Gasteiger charge is 2.09. The lowest BCUT2D eigenvalue weighted by Crippen LogP contribution is -2.02. The van der Waals surface area contributed by atoms with Crippen LogP contribution in [0.3, 0.4) is 0 Å². The average Bonchev–Trinajstić information content (AvgIpc) is 2.11. The Morgan fingerprint density at radius 1 is 1.57 bits per heavy atom. The Kier molecular flexibility index (Phi) is 4.48. The molecule has 0 radical (unpaired) electrons. The SMILES string of the molecule is CCSc1cccc(Br)c1CC(=O)O. The molecule has 14 heavy (non-hydrogen) atoms. The van der Waals surface area contributed by atoms with E-state index in [4.69, 9.17) is 5.11 Å². The van der Waals surface area contributed by atoms with Gasteiger partial charge in [0, 0.05) is 9.37 Å². The van der Waals surface area contributed by atoms with Crippen LogP contribution in [0.5, 0.6) is 0 Å². The van der Waals surface area contributed by atoms with Crippen molar-refractivity contribution in [3.63, 3.8) is 0 Å². The molecule has 1 rings (SSSR count). The number of carbonyl (C=O) groups is 1. The number of carboxylic acids is 1. The summed E-state index contributed by atoms with van der Waals surface area (Å²) >= 11 is 5.03. The number of hydrogen-bond acceptors (Lipinski definition) is 2. The summed E-state index contributed by atoms with van der Waals surface area (Å²) in [6.07, 6.45) is 0.0732. The van der Waals surface area contributed by atoms with Gasteiger partial charge in [0.2, 0.25) is 0 Å². The monoisotopic (exact) mass is 274 g/mol. The molecule has 0 spiro atoms. The van der Waals surface area contributed by atoms with Crippen LogP contribution in [0, 0.1) is 0 Å². The van der Waals surface area contributed by atoms with Gasteiger partial charge in [0.1, 0.15) is 0 Å². The summed E-state index contributed by atoms with van der Waals surface area (Å²) in [5.74, 6) is 0.151. The molecule has 1 aromatic carbocycles. The molecule has 4 heteroatoms. The molecule has 0 saturated carbocycles. The van der Waals surface area contributed by atoms with Gasteiger partial charge >= 0.3 is 5.97 Å². The molecule has 0 saturated heterocycles. The molecule has 1 aromatic rings. The topological polar surface area (TPSA) is 37.3 Å². The number of thioether (sulfide) groups is 1. The summed E-state index contributed by atoms with van der Waals surface area (Å²) in [5, 5.41) is 8.75. The van der Waals surface area contributed by atoms with Crippen LogP contribution in [0.4, 0.5) is 0 Å². The molecule has 0 fully saturated rings. The third kappa shape index (κ3) is 3.03. The largest absolute Gasteiger partial charge is 0.481 e. The Bertz CT molecular complexity index is 339. The Morgan fingerprint density at radius 2 is 2.29 bits per heavy atom. The minimum absolute atomic E-state index is 0.0732. The van der Waals surface area contributed by atoms with Crippen LogP contribution in [-0.4, -0.2) is 16.8 Å². The van der Waals surface area contributed by atoms with Crippen LogP contribution in [0.2, 0.25) is 0 Å². The fourth-order valence-corrected chi connectivity index (χ4v) is 2.63. The molecule has 2 nitrogen and oxygen atoms in total. The molecule has 0 aliphatic rings. The van der Waals surface area contributed by atoms with Gasteiger partial charge in [0.15, 0.2) is 0 Å². The third-order valence-corrected chi connectivity index (χ3v) is 3.43. The molecule has 0 aliphatic heterocycles. The van der Waals surface area contributed by atoms with Gasteiger partial charge in [-0.3, -0.25) is 4.79 Å². The fraction of sp³-hybridized carbons (Fsp3) is 0.300. The highest BCUT2D eigenvalue weighted by Crippen LogP contribution is 2.28. The summed E-state index contributed by atoms with van der Waals surface area (Å²) in [6.45, 7) is 2.05. The molecule has 0 amide bonds. The van der Waals surface area contributed by atoms with E-state index in [-0.39, 0.29) is 6.42 Å². The number of benzene rings is 1. The van der Waals surface area contributed by atoms with Crippen molar-refractivity contribution in [3.05, 3.63) is 28.2 Å². The number of halogens is 1. The highest BCUT2D eigenvalue weighted by atomic mass is 79.9. The van der Waals surface area contributed by atoms with Gasteiger partial charge in [-0.05, 0) is 23.4 Å². The first-order valence-electron chi connectivity index (χ1n) is 4.27. The zero-order valence-corrected chi connectivity index (χ0v) is 10.2.